The summed E-state index contributed by atoms with van der Waals surface area (Å²) in [4.78, 5) is 11.9. The smallest absolute Gasteiger partial charge is 0.335 e. The lowest BCUT2D eigenvalue weighted by atomic mass is 10.2. The lowest BCUT2D eigenvalue weighted by molar-refractivity contribution is 0.0697. The van der Waals surface area contributed by atoms with Crippen LogP contribution in [0, 0.1) is 0 Å². The molecule has 1 heterocycles. The van der Waals surface area contributed by atoms with E-state index in [0.29, 0.717) is 0 Å². The number of rotatable bonds is 5. The Labute approximate surface area is 131 Å². The first kappa shape index (κ1) is 15.8. The predicted octanol–water partition coefficient (Wildman–Crippen LogP) is 3.46. The van der Waals surface area contributed by atoms with Crippen molar-refractivity contribution in [3.05, 3.63) is 45.8 Å². The van der Waals surface area contributed by atoms with Crippen LogP contribution in [0.25, 0.3) is 0 Å². The largest absolute Gasteiger partial charge is 0.478 e. The highest BCUT2D eigenvalue weighted by molar-refractivity contribution is 7.94. The first-order valence-corrected chi connectivity index (χ1v) is 8.65. The Morgan fingerprint density at radius 1 is 1.33 bits per heavy atom. The van der Waals surface area contributed by atoms with Gasteiger partial charge < -0.3 is 5.11 Å². The summed E-state index contributed by atoms with van der Waals surface area (Å²) in [6, 6.07) is 7.11. The maximum Gasteiger partial charge on any atom is 0.335 e. The third-order valence-electron chi connectivity index (χ3n) is 2.65. The summed E-state index contributed by atoms with van der Waals surface area (Å²) < 4.78 is 27.0. The molecule has 2 rings (SSSR count). The molecule has 1 aromatic heterocycles. The van der Waals surface area contributed by atoms with E-state index in [1.165, 1.54) is 35.6 Å². The van der Waals surface area contributed by atoms with Crippen molar-refractivity contribution in [2.24, 2.45) is 0 Å². The molecular weight excluding hydrogens is 334 g/mol. The normalized spacial score (nSPS) is 11.3. The van der Waals surface area contributed by atoms with E-state index in [0.717, 1.165) is 11.3 Å². The summed E-state index contributed by atoms with van der Waals surface area (Å²) >= 11 is 6.97. The van der Waals surface area contributed by atoms with Crippen LogP contribution in [0.15, 0.2) is 34.5 Å². The molecule has 0 unspecified atom stereocenters. The lowest BCUT2D eigenvalue weighted by Gasteiger charge is -2.07. The molecule has 0 fully saturated rings. The van der Waals surface area contributed by atoms with Gasteiger partial charge in [0.1, 0.15) is 4.21 Å². The van der Waals surface area contributed by atoms with E-state index >= 15 is 0 Å². The molecule has 0 spiro atoms. The number of benzene rings is 1. The van der Waals surface area contributed by atoms with Crippen LogP contribution in [0.4, 0.5) is 5.69 Å². The molecule has 0 saturated carbocycles. The van der Waals surface area contributed by atoms with Crippen molar-refractivity contribution in [3.8, 4) is 0 Å². The number of nitrogens with one attached hydrogen (secondary N) is 1. The number of aryl methyl sites for hydroxylation is 1. The number of thiophene rings is 1. The van der Waals surface area contributed by atoms with E-state index in [9.17, 15) is 13.2 Å². The zero-order valence-electron chi connectivity index (χ0n) is 11.0. The maximum atomic E-state index is 12.2. The Hall–Kier alpha value is -1.57. The molecule has 1 aromatic carbocycles. The number of halogens is 1. The Bertz CT molecular complexity index is 783. The van der Waals surface area contributed by atoms with Gasteiger partial charge in [0.25, 0.3) is 10.0 Å². The molecule has 0 atom stereocenters. The first-order valence-electron chi connectivity index (χ1n) is 5.97. The van der Waals surface area contributed by atoms with E-state index in [2.05, 4.69) is 4.72 Å². The molecule has 112 valence electrons. The van der Waals surface area contributed by atoms with Gasteiger partial charge in [-0.3, -0.25) is 4.72 Å². The molecule has 21 heavy (non-hydrogen) atoms. The zero-order chi connectivity index (χ0) is 15.6. The van der Waals surface area contributed by atoms with Gasteiger partial charge in [-0.05, 0) is 36.8 Å². The molecule has 2 N–H and O–H groups in total. The van der Waals surface area contributed by atoms with Crippen LogP contribution in [0.3, 0.4) is 0 Å². The van der Waals surface area contributed by atoms with Crippen molar-refractivity contribution in [2.45, 2.75) is 17.6 Å². The van der Waals surface area contributed by atoms with E-state index in [1.807, 2.05) is 6.92 Å². The van der Waals surface area contributed by atoms with Crippen molar-refractivity contribution < 1.29 is 18.3 Å². The summed E-state index contributed by atoms with van der Waals surface area (Å²) in [5.41, 5.74) is 0.0342. The van der Waals surface area contributed by atoms with Crippen molar-refractivity contribution in [1.82, 2.24) is 0 Å². The van der Waals surface area contributed by atoms with Crippen LogP contribution < -0.4 is 4.72 Å². The fourth-order valence-electron chi connectivity index (χ4n) is 1.67. The minimum Gasteiger partial charge on any atom is -0.478 e. The Balaban J connectivity index is 2.34. The van der Waals surface area contributed by atoms with Gasteiger partial charge in [-0.25, -0.2) is 13.2 Å². The van der Waals surface area contributed by atoms with Gasteiger partial charge in [-0.15, -0.1) is 11.3 Å². The number of aromatic carboxylic acids is 1. The summed E-state index contributed by atoms with van der Waals surface area (Å²) in [5.74, 6) is -1.18. The SMILES string of the molecule is CCc1ccc(S(=O)(=O)Nc2cc(Cl)cc(C(=O)O)c2)s1. The minimum atomic E-state index is -3.74. The molecule has 0 amide bonds. The highest BCUT2D eigenvalue weighted by Crippen LogP contribution is 2.26. The molecule has 0 saturated heterocycles. The zero-order valence-corrected chi connectivity index (χ0v) is 13.3. The summed E-state index contributed by atoms with van der Waals surface area (Å²) in [5, 5.41) is 9.10. The van der Waals surface area contributed by atoms with Gasteiger partial charge in [-0.1, -0.05) is 18.5 Å². The van der Waals surface area contributed by atoms with Crippen molar-refractivity contribution >= 4 is 44.6 Å². The van der Waals surface area contributed by atoms with E-state index in [1.54, 1.807) is 6.07 Å². The second-order valence-electron chi connectivity index (χ2n) is 4.21. The molecule has 0 aliphatic carbocycles. The van der Waals surface area contributed by atoms with Crippen LogP contribution in [0.5, 0.6) is 0 Å². The van der Waals surface area contributed by atoms with E-state index in [4.69, 9.17) is 16.7 Å². The second kappa shape index (κ2) is 6.05. The molecule has 0 aliphatic rings. The third-order valence-corrected chi connectivity index (χ3v) is 5.97. The van der Waals surface area contributed by atoms with Crippen LogP contribution >= 0.6 is 22.9 Å². The van der Waals surface area contributed by atoms with Gasteiger partial charge in [0.2, 0.25) is 0 Å². The van der Waals surface area contributed by atoms with E-state index < -0.39 is 16.0 Å². The summed E-state index contributed by atoms with van der Waals surface area (Å²) in [7, 11) is -3.74. The van der Waals surface area contributed by atoms with Gasteiger partial charge >= 0.3 is 5.97 Å². The minimum absolute atomic E-state index is 0.0828. The number of hydrogen-bond acceptors (Lipinski definition) is 4. The summed E-state index contributed by atoms with van der Waals surface area (Å²) in [6.45, 7) is 1.94. The van der Waals surface area contributed by atoms with Crippen LogP contribution in [-0.4, -0.2) is 19.5 Å². The number of carbonyl (C=O) groups is 1. The Morgan fingerprint density at radius 3 is 2.62 bits per heavy atom. The molecule has 2 aromatic rings. The molecule has 5 nitrogen and oxygen atoms in total. The number of sulfonamides is 1. The Morgan fingerprint density at radius 2 is 2.05 bits per heavy atom. The fraction of sp³-hybridized carbons (Fsp3) is 0.154. The third kappa shape index (κ3) is 3.75. The monoisotopic (exact) mass is 345 g/mol. The average Bonchev–Trinajstić information content (AvgIpc) is 2.86. The number of hydrogen-bond donors (Lipinski definition) is 2. The van der Waals surface area contributed by atoms with E-state index in [-0.39, 0.29) is 20.5 Å². The molecule has 0 radical (unpaired) electrons. The lowest BCUT2D eigenvalue weighted by Crippen LogP contribution is -2.12. The van der Waals surface area contributed by atoms with Gasteiger partial charge in [0.15, 0.2) is 0 Å². The van der Waals surface area contributed by atoms with Gasteiger partial charge in [0, 0.05) is 9.90 Å². The van der Waals surface area contributed by atoms with Gasteiger partial charge in [-0.2, -0.15) is 0 Å². The van der Waals surface area contributed by atoms with Gasteiger partial charge in [0.05, 0.1) is 11.3 Å². The number of carboxylic acids is 1. The van der Waals surface area contributed by atoms with Crippen molar-refractivity contribution in [1.29, 1.82) is 0 Å². The molecule has 0 bridgehead atoms. The Kier molecular flexibility index (Phi) is 4.55. The highest BCUT2D eigenvalue weighted by atomic mass is 35.5. The van der Waals surface area contributed by atoms with Crippen molar-refractivity contribution in [2.75, 3.05) is 4.72 Å². The van der Waals surface area contributed by atoms with Crippen LogP contribution in [0.1, 0.15) is 22.2 Å². The highest BCUT2D eigenvalue weighted by Gasteiger charge is 2.18. The standard InChI is InChI=1S/C13H12ClNO4S2/c1-2-11-3-4-12(20-11)21(18,19)15-10-6-8(13(16)17)5-9(14)7-10/h3-7,15H,2H2,1H3,(H,16,17). The molecule has 8 heteroatoms. The first-order chi connectivity index (χ1) is 9.81. The second-order valence-corrected chi connectivity index (χ2v) is 7.73. The molecular formula is C13H12ClNO4S2. The van der Waals surface area contributed by atoms with Crippen LogP contribution in [-0.2, 0) is 16.4 Å². The number of carboxylic acid groups (broad SMARTS) is 1. The topological polar surface area (TPSA) is 83.5 Å². The van der Waals surface area contributed by atoms with Crippen LogP contribution in [0.2, 0.25) is 5.02 Å². The molecule has 0 aliphatic heterocycles. The average molecular weight is 346 g/mol. The maximum absolute atomic E-state index is 12.2. The quantitative estimate of drug-likeness (QED) is 0.869. The fourth-order valence-corrected chi connectivity index (χ4v) is 4.24. The van der Waals surface area contributed by atoms with Crippen molar-refractivity contribution in [3.63, 3.8) is 0 Å². The summed E-state index contributed by atoms with van der Waals surface area (Å²) in [6.07, 6.45) is 0.751. The predicted molar refractivity (Wildman–Crippen MR) is 82.9 cm³/mol. The number of anilines is 1.